The van der Waals surface area contributed by atoms with Crippen LogP contribution in [-0.4, -0.2) is 23.5 Å². The van der Waals surface area contributed by atoms with Gasteiger partial charge in [0.25, 0.3) is 0 Å². The summed E-state index contributed by atoms with van der Waals surface area (Å²) in [6.45, 7) is 4.57. The maximum absolute atomic E-state index is 6.70. The van der Waals surface area contributed by atoms with Crippen LogP contribution >= 0.6 is 0 Å². The van der Waals surface area contributed by atoms with E-state index in [1.807, 2.05) is 24.4 Å². The Morgan fingerprint density at radius 1 is 0.552 bits per heavy atom. The molecule has 6 nitrogen and oxygen atoms in total. The number of fused-ring (bicyclic) bond motifs is 17. The van der Waals surface area contributed by atoms with Crippen molar-refractivity contribution in [3.63, 3.8) is 0 Å². The Morgan fingerprint density at radius 2 is 1.26 bits per heavy atom. The number of benzene rings is 7. The maximum atomic E-state index is 6.70. The van der Waals surface area contributed by atoms with Gasteiger partial charge in [0.2, 0.25) is 0 Å². The van der Waals surface area contributed by atoms with Gasteiger partial charge in [-0.2, -0.15) is 6.07 Å². The number of nitrogens with zero attached hydrogens (tertiary/aromatic N) is 5. The Hall–Kier alpha value is -6.78. The largest absolute Gasteiger partial charge is 2.00 e. The number of aromatic nitrogens is 5. The zero-order chi connectivity index (χ0) is 37.6. The molecule has 0 amide bonds. The van der Waals surface area contributed by atoms with Gasteiger partial charge in [0.1, 0.15) is 5.82 Å². The van der Waals surface area contributed by atoms with Crippen molar-refractivity contribution in [3.8, 4) is 23.0 Å². The van der Waals surface area contributed by atoms with E-state index in [9.17, 15) is 0 Å². The van der Waals surface area contributed by atoms with Crippen molar-refractivity contribution in [2.75, 3.05) is 0 Å². The first-order valence-corrected chi connectivity index (χ1v) is 19.3. The number of para-hydroxylation sites is 5. The van der Waals surface area contributed by atoms with Gasteiger partial charge in [-0.25, -0.2) is 4.98 Å². The third kappa shape index (κ3) is 4.30. The van der Waals surface area contributed by atoms with Gasteiger partial charge in [-0.3, -0.25) is 4.98 Å². The predicted octanol–water partition coefficient (Wildman–Crippen LogP) is 12.4. The molecule has 0 bridgehead atoms. The second kappa shape index (κ2) is 11.9. The molecule has 12 aromatic rings. The Labute approximate surface area is 346 Å². The summed E-state index contributed by atoms with van der Waals surface area (Å²) in [5, 5.41) is 7.79. The fourth-order valence-corrected chi connectivity index (χ4v) is 9.78. The third-order valence-corrected chi connectivity index (χ3v) is 12.3. The van der Waals surface area contributed by atoms with E-state index in [4.69, 9.17) is 14.7 Å². The van der Waals surface area contributed by atoms with E-state index >= 15 is 0 Å². The van der Waals surface area contributed by atoms with Crippen molar-refractivity contribution < 1.29 is 25.2 Å². The smallest absolute Gasteiger partial charge is 0.503 e. The molecule has 0 saturated heterocycles. The van der Waals surface area contributed by atoms with Crippen molar-refractivity contribution in [2.24, 2.45) is 0 Å². The molecule has 1 aliphatic heterocycles. The quantitative estimate of drug-likeness (QED) is 0.101. The molecule has 58 heavy (non-hydrogen) atoms. The number of imidazole rings is 1. The summed E-state index contributed by atoms with van der Waals surface area (Å²) in [6.07, 6.45) is 1.88. The normalized spacial score (nSPS) is 13.3. The molecule has 0 fully saturated rings. The van der Waals surface area contributed by atoms with Crippen LogP contribution in [0, 0.1) is 12.1 Å². The Bertz CT molecular complexity index is 3710. The fourth-order valence-electron chi connectivity index (χ4n) is 9.78. The van der Waals surface area contributed by atoms with Crippen LogP contribution in [0.25, 0.3) is 93.5 Å². The van der Waals surface area contributed by atoms with Crippen molar-refractivity contribution in [1.82, 2.24) is 23.5 Å². The van der Waals surface area contributed by atoms with Crippen molar-refractivity contribution >= 4 is 82.0 Å². The molecule has 0 atom stereocenters. The van der Waals surface area contributed by atoms with E-state index in [1.165, 1.54) is 32.8 Å². The molecule has 276 valence electrons. The third-order valence-electron chi connectivity index (χ3n) is 12.3. The maximum Gasteiger partial charge on any atom is 2.00 e. The number of hydrogen-bond donors (Lipinski definition) is 0. The number of hydrogen-bond acceptors (Lipinski definition) is 3. The van der Waals surface area contributed by atoms with Crippen LogP contribution in [0.5, 0.6) is 11.5 Å². The molecule has 5 aromatic heterocycles. The fraction of sp³-hybridized carbons (Fsp3) is 0.0588. The van der Waals surface area contributed by atoms with Crippen molar-refractivity contribution in [1.29, 1.82) is 0 Å². The van der Waals surface area contributed by atoms with Crippen LogP contribution in [0.2, 0.25) is 0 Å². The van der Waals surface area contributed by atoms with E-state index < -0.39 is 0 Å². The molecule has 0 radical (unpaired) electrons. The van der Waals surface area contributed by atoms with Crippen molar-refractivity contribution in [3.05, 3.63) is 175 Å². The monoisotopic (exact) mass is 835 g/mol. The van der Waals surface area contributed by atoms with Gasteiger partial charge in [-0.1, -0.05) is 115 Å². The summed E-state index contributed by atoms with van der Waals surface area (Å²) >= 11 is 0. The van der Waals surface area contributed by atoms with E-state index in [1.54, 1.807) is 0 Å². The van der Waals surface area contributed by atoms with Gasteiger partial charge in [0.15, 0.2) is 0 Å². The van der Waals surface area contributed by atoms with Crippen LogP contribution in [0.15, 0.2) is 152 Å². The molecule has 0 N–H and O–H groups in total. The molecule has 7 heteroatoms. The minimum absolute atomic E-state index is 0. The van der Waals surface area contributed by atoms with Gasteiger partial charge >= 0.3 is 20.4 Å². The Kier molecular flexibility index (Phi) is 6.83. The van der Waals surface area contributed by atoms with Crippen LogP contribution in [0.3, 0.4) is 0 Å². The number of pyridine rings is 2. The van der Waals surface area contributed by atoms with Gasteiger partial charge in [-0.05, 0) is 58.8 Å². The van der Waals surface area contributed by atoms with Crippen LogP contribution < -0.4 is 4.74 Å². The molecule has 0 spiro atoms. The first-order chi connectivity index (χ1) is 28.0. The Morgan fingerprint density at radius 3 is 2.14 bits per heavy atom. The molecule has 1 aliphatic rings. The summed E-state index contributed by atoms with van der Waals surface area (Å²) in [5.74, 6) is 2.15. The average molecular weight is 836 g/mol. The number of ether oxygens (including phenoxy) is 1. The molecule has 6 heterocycles. The van der Waals surface area contributed by atoms with Gasteiger partial charge in [-0.15, -0.1) is 29.7 Å². The average Bonchev–Trinajstić information content (AvgIpc) is 3.92. The van der Waals surface area contributed by atoms with E-state index in [0.29, 0.717) is 11.5 Å². The summed E-state index contributed by atoms with van der Waals surface area (Å²) in [7, 11) is 0. The molecule has 13 rings (SSSR count). The molecule has 0 unspecified atom stereocenters. The predicted molar refractivity (Wildman–Crippen MR) is 230 cm³/mol. The number of rotatable bonds is 3. The van der Waals surface area contributed by atoms with E-state index in [0.717, 1.165) is 71.8 Å². The topological polar surface area (TPSA) is 49.3 Å². The second-order valence-electron chi connectivity index (χ2n) is 15.6. The van der Waals surface area contributed by atoms with Gasteiger partial charge in [0, 0.05) is 56.2 Å². The SMILES string of the molecule is CC1(C)c2cccnc2-n2c3[c-]c(Oc4[c-]c5c(cc4)c4ccc6c(c7ccccc7n6-c6ccccc6)c4n4c6ccccc6nc54)ccc3c3cccc1c32.[Pd+2]. The molecule has 0 aliphatic carbocycles. The first-order valence-electron chi connectivity index (χ1n) is 19.3. The molecule has 7 aromatic carbocycles. The van der Waals surface area contributed by atoms with Crippen LogP contribution in [-0.2, 0) is 25.8 Å². The second-order valence-corrected chi connectivity index (χ2v) is 15.6. The summed E-state index contributed by atoms with van der Waals surface area (Å²) < 4.78 is 13.7. The first kappa shape index (κ1) is 33.4. The Balaban J connectivity index is 0.00000366. The van der Waals surface area contributed by atoms with E-state index in [-0.39, 0.29) is 25.8 Å². The minimum Gasteiger partial charge on any atom is -0.503 e. The zero-order valence-corrected chi connectivity index (χ0v) is 32.9. The van der Waals surface area contributed by atoms with Gasteiger partial charge < -0.3 is 18.3 Å². The summed E-state index contributed by atoms with van der Waals surface area (Å²) in [4.78, 5) is 10.2. The van der Waals surface area contributed by atoms with Crippen LogP contribution in [0.4, 0.5) is 0 Å². The standard InChI is InChI=1S/C51H31N5O.Pd/c1-51(2)39-16-10-15-35-34-24-22-32(29-45(34)56(47(35)39)50-40(51)17-11-27-52-50)57-31-21-23-33-36-25-26-44-46(37-14-6-8-19-42(37)54(44)30-12-4-3-5-13-30)48(36)55-43-20-9-7-18-41(43)53-49(55)38(33)28-31;/h3-27H,1-2H3;/q-2;+2. The molecule has 0 saturated carbocycles. The molecular formula is C51H31N5OPd. The van der Waals surface area contributed by atoms with Crippen LogP contribution in [0.1, 0.15) is 25.0 Å². The van der Waals surface area contributed by atoms with Gasteiger partial charge in [0.05, 0.1) is 27.7 Å². The van der Waals surface area contributed by atoms with E-state index in [2.05, 4.69) is 167 Å². The minimum atomic E-state index is -0.190. The van der Waals surface area contributed by atoms with Crippen molar-refractivity contribution in [2.45, 2.75) is 19.3 Å². The summed E-state index contributed by atoms with van der Waals surface area (Å²) in [6, 6.07) is 58.7. The molecular weight excluding hydrogens is 805 g/mol. The summed E-state index contributed by atoms with van der Waals surface area (Å²) in [5.41, 5.74) is 11.8. The zero-order valence-electron chi connectivity index (χ0n) is 31.4.